The first-order valence-corrected chi connectivity index (χ1v) is 7.57. The fourth-order valence-electron chi connectivity index (χ4n) is 2.44. The van der Waals surface area contributed by atoms with Gasteiger partial charge in [0.2, 0.25) is 0 Å². The van der Waals surface area contributed by atoms with Gasteiger partial charge in [-0.15, -0.1) is 0 Å². The van der Waals surface area contributed by atoms with Crippen molar-refractivity contribution in [3.8, 4) is 0 Å². The molecule has 5 heteroatoms. The topological polar surface area (TPSA) is 51.4 Å². The monoisotopic (exact) mass is 250 g/mol. The van der Waals surface area contributed by atoms with Crippen LogP contribution in [0.2, 0.25) is 0 Å². The number of imidazole rings is 1. The Morgan fingerprint density at radius 3 is 3.06 bits per heavy atom. The molecular formula is C12H14N2O2S. The second-order valence-electron chi connectivity index (χ2n) is 4.64. The lowest BCUT2D eigenvalue weighted by Gasteiger charge is -2.06. The maximum atomic E-state index is 11.4. The second-order valence-corrected chi connectivity index (χ2v) is 6.87. The summed E-state index contributed by atoms with van der Waals surface area (Å²) in [4.78, 5) is 4.37. The van der Waals surface area contributed by atoms with Crippen molar-refractivity contribution in [1.82, 2.24) is 9.38 Å². The zero-order valence-corrected chi connectivity index (χ0v) is 10.2. The molecule has 1 saturated heterocycles. The number of nitrogens with zero attached hydrogens (tertiary/aromatic N) is 2. The highest BCUT2D eigenvalue weighted by atomic mass is 32.2. The molecule has 2 aromatic rings. The van der Waals surface area contributed by atoms with Gasteiger partial charge in [-0.05, 0) is 24.5 Å². The Balaban J connectivity index is 1.86. The van der Waals surface area contributed by atoms with Crippen LogP contribution in [0, 0.1) is 5.92 Å². The van der Waals surface area contributed by atoms with Crippen molar-refractivity contribution in [3.05, 3.63) is 36.4 Å². The molecule has 90 valence electrons. The van der Waals surface area contributed by atoms with Gasteiger partial charge in [-0.2, -0.15) is 0 Å². The Bertz CT molecular complexity index is 645. The highest BCUT2D eigenvalue weighted by molar-refractivity contribution is 7.91. The molecular weight excluding hydrogens is 236 g/mol. The summed E-state index contributed by atoms with van der Waals surface area (Å²) in [6.45, 7) is 0. The van der Waals surface area contributed by atoms with E-state index in [1.54, 1.807) is 0 Å². The molecule has 0 radical (unpaired) electrons. The standard InChI is InChI=1S/C12H14N2O2S/c15-17(16)6-4-10(9-17)7-12-13-8-11-3-1-2-5-14(11)12/h1-3,5,8,10H,4,6-7,9H2. The molecule has 17 heavy (non-hydrogen) atoms. The van der Waals surface area contributed by atoms with Crippen molar-refractivity contribution in [1.29, 1.82) is 0 Å². The van der Waals surface area contributed by atoms with Crippen LogP contribution >= 0.6 is 0 Å². The second kappa shape index (κ2) is 3.84. The molecule has 1 aliphatic heterocycles. The first kappa shape index (κ1) is 10.8. The van der Waals surface area contributed by atoms with Gasteiger partial charge in [0, 0.05) is 12.6 Å². The van der Waals surface area contributed by atoms with E-state index in [0.29, 0.717) is 11.5 Å². The van der Waals surface area contributed by atoms with Crippen molar-refractivity contribution >= 4 is 15.4 Å². The van der Waals surface area contributed by atoms with E-state index in [4.69, 9.17) is 0 Å². The van der Waals surface area contributed by atoms with Gasteiger partial charge >= 0.3 is 0 Å². The number of fused-ring (bicyclic) bond motifs is 1. The van der Waals surface area contributed by atoms with E-state index in [1.807, 2.05) is 35.0 Å². The minimum atomic E-state index is -2.79. The van der Waals surface area contributed by atoms with Gasteiger partial charge in [0.25, 0.3) is 0 Å². The summed E-state index contributed by atoms with van der Waals surface area (Å²) in [6, 6.07) is 5.94. The van der Waals surface area contributed by atoms with Crippen LogP contribution in [0.1, 0.15) is 12.2 Å². The van der Waals surface area contributed by atoms with Crippen LogP contribution in [0.4, 0.5) is 0 Å². The maximum Gasteiger partial charge on any atom is 0.150 e. The normalized spacial score (nSPS) is 23.2. The van der Waals surface area contributed by atoms with Gasteiger partial charge in [0.1, 0.15) is 5.82 Å². The van der Waals surface area contributed by atoms with Crippen LogP contribution in [0.25, 0.3) is 5.52 Å². The minimum Gasteiger partial charge on any atom is -0.304 e. The van der Waals surface area contributed by atoms with Crippen LogP contribution in [0.3, 0.4) is 0 Å². The fourth-order valence-corrected chi connectivity index (χ4v) is 4.30. The van der Waals surface area contributed by atoms with Crippen LogP contribution < -0.4 is 0 Å². The van der Waals surface area contributed by atoms with Gasteiger partial charge in [-0.3, -0.25) is 0 Å². The SMILES string of the molecule is O=S1(=O)CCC(Cc2ncc3ccccn23)C1. The van der Waals surface area contributed by atoms with Crippen LogP contribution in [0.15, 0.2) is 30.6 Å². The zero-order valence-electron chi connectivity index (χ0n) is 9.41. The lowest BCUT2D eigenvalue weighted by molar-refractivity contribution is 0.568. The molecule has 0 saturated carbocycles. The van der Waals surface area contributed by atoms with Crippen molar-refractivity contribution in [2.75, 3.05) is 11.5 Å². The molecule has 0 aromatic carbocycles. The molecule has 4 nitrogen and oxygen atoms in total. The summed E-state index contributed by atoms with van der Waals surface area (Å²) in [5.74, 6) is 1.84. The van der Waals surface area contributed by atoms with E-state index >= 15 is 0 Å². The van der Waals surface area contributed by atoms with Gasteiger partial charge < -0.3 is 4.40 Å². The third-order valence-electron chi connectivity index (χ3n) is 3.31. The molecule has 3 rings (SSSR count). The summed E-state index contributed by atoms with van der Waals surface area (Å²) < 4.78 is 24.8. The van der Waals surface area contributed by atoms with Gasteiger partial charge in [0.15, 0.2) is 9.84 Å². The summed E-state index contributed by atoms with van der Waals surface area (Å²) in [5, 5.41) is 0. The highest BCUT2D eigenvalue weighted by Gasteiger charge is 2.28. The highest BCUT2D eigenvalue weighted by Crippen LogP contribution is 2.22. The predicted molar refractivity (Wildman–Crippen MR) is 65.7 cm³/mol. The third-order valence-corrected chi connectivity index (χ3v) is 5.15. The van der Waals surface area contributed by atoms with E-state index in [-0.39, 0.29) is 5.92 Å². The maximum absolute atomic E-state index is 11.4. The number of sulfone groups is 1. The van der Waals surface area contributed by atoms with E-state index in [0.717, 1.165) is 24.2 Å². The molecule has 0 aliphatic carbocycles. The van der Waals surface area contributed by atoms with Crippen LogP contribution in [0.5, 0.6) is 0 Å². The van der Waals surface area contributed by atoms with E-state index in [9.17, 15) is 8.42 Å². The number of aromatic nitrogens is 2. The molecule has 1 unspecified atom stereocenters. The summed E-state index contributed by atoms with van der Waals surface area (Å²) in [5.41, 5.74) is 1.06. The molecule has 1 aliphatic rings. The average molecular weight is 250 g/mol. The molecule has 1 atom stereocenters. The molecule has 2 aromatic heterocycles. The Labute approximate surface area is 100 Å². The Morgan fingerprint density at radius 1 is 1.41 bits per heavy atom. The van der Waals surface area contributed by atoms with Crippen molar-refractivity contribution < 1.29 is 8.42 Å². The Morgan fingerprint density at radius 2 is 2.29 bits per heavy atom. The fraction of sp³-hybridized carbons (Fsp3) is 0.417. The third kappa shape index (κ3) is 2.07. The van der Waals surface area contributed by atoms with E-state index in [1.165, 1.54) is 0 Å². The summed E-state index contributed by atoms with van der Waals surface area (Å²) in [7, 11) is -2.79. The lowest BCUT2D eigenvalue weighted by atomic mass is 10.1. The van der Waals surface area contributed by atoms with Crippen molar-refractivity contribution in [2.24, 2.45) is 5.92 Å². The molecule has 0 N–H and O–H groups in total. The molecule has 0 bridgehead atoms. The zero-order chi connectivity index (χ0) is 11.9. The first-order valence-electron chi connectivity index (χ1n) is 5.75. The van der Waals surface area contributed by atoms with Crippen molar-refractivity contribution in [3.63, 3.8) is 0 Å². The number of pyridine rings is 1. The van der Waals surface area contributed by atoms with Crippen molar-refractivity contribution in [2.45, 2.75) is 12.8 Å². The number of hydrogen-bond acceptors (Lipinski definition) is 3. The molecule has 0 spiro atoms. The van der Waals surface area contributed by atoms with Crippen LogP contribution in [-0.4, -0.2) is 29.3 Å². The number of hydrogen-bond donors (Lipinski definition) is 0. The summed E-state index contributed by atoms with van der Waals surface area (Å²) >= 11 is 0. The van der Waals surface area contributed by atoms with E-state index in [2.05, 4.69) is 4.98 Å². The van der Waals surface area contributed by atoms with Gasteiger partial charge in [-0.25, -0.2) is 13.4 Å². The smallest absolute Gasteiger partial charge is 0.150 e. The predicted octanol–water partition coefficient (Wildman–Crippen LogP) is 1.31. The minimum absolute atomic E-state index is 0.228. The number of rotatable bonds is 2. The average Bonchev–Trinajstić information content (AvgIpc) is 2.84. The van der Waals surface area contributed by atoms with Gasteiger partial charge in [0.05, 0.1) is 23.2 Å². The Kier molecular flexibility index (Phi) is 2.43. The van der Waals surface area contributed by atoms with Gasteiger partial charge in [-0.1, -0.05) is 6.07 Å². The summed E-state index contributed by atoms with van der Waals surface area (Å²) in [6.07, 6.45) is 5.32. The Hall–Kier alpha value is -1.36. The first-order chi connectivity index (χ1) is 8.14. The molecule has 0 amide bonds. The quantitative estimate of drug-likeness (QED) is 0.807. The molecule has 1 fully saturated rings. The van der Waals surface area contributed by atoms with Crippen LogP contribution in [-0.2, 0) is 16.3 Å². The van der Waals surface area contributed by atoms with E-state index < -0.39 is 9.84 Å². The largest absolute Gasteiger partial charge is 0.304 e. The molecule has 3 heterocycles. The lowest BCUT2D eigenvalue weighted by Crippen LogP contribution is -2.09.